The third kappa shape index (κ3) is 1.94. The molecule has 1 unspecified atom stereocenters. The molecule has 0 bridgehead atoms. The van der Waals surface area contributed by atoms with Crippen molar-refractivity contribution in [3.63, 3.8) is 0 Å². The molecule has 9 heteroatoms. The van der Waals surface area contributed by atoms with Crippen molar-refractivity contribution in [2.45, 2.75) is 22.8 Å². The molecule has 1 aromatic heterocycles. The van der Waals surface area contributed by atoms with Crippen molar-refractivity contribution in [2.24, 2.45) is 0 Å². The second-order valence-corrected chi connectivity index (χ2v) is 5.71. The van der Waals surface area contributed by atoms with Crippen LogP contribution in [-0.2, 0) is 10.8 Å². The number of aliphatic hydroxyl groups is 3. The van der Waals surface area contributed by atoms with E-state index in [9.17, 15) is 19.2 Å². The Kier molecular flexibility index (Phi) is 3.48. The smallest absolute Gasteiger partial charge is 0.350 e. The summed E-state index contributed by atoms with van der Waals surface area (Å²) in [4.78, 5) is 15.1. The van der Waals surface area contributed by atoms with E-state index in [1.807, 2.05) is 0 Å². The van der Waals surface area contributed by atoms with Crippen molar-refractivity contribution >= 4 is 16.6 Å². The monoisotopic (exact) mass is 275 g/mol. The molecular formula is C9H13N3O5S. The number of rotatable bonds is 2. The molecule has 0 radical (unpaired) electrons. The van der Waals surface area contributed by atoms with Gasteiger partial charge in [-0.2, -0.15) is 4.98 Å². The van der Waals surface area contributed by atoms with Gasteiger partial charge in [-0.1, -0.05) is 0 Å². The maximum absolute atomic E-state index is 12.0. The van der Waals surface area contributed by atoms with Gasteiger partial charge >= 0.3 is 5.69 Å². The van der Waals surface area contributed by atoms with Gasteiger partial charge in [0, 0.05) is 6.20 Å². The lowest BCUT2D eigenvalue weighted by Crippen LogP contribution is -2.36. The summed E-state index contributed by atoms with van der Waals surface area (Å²) in [7, 11) is -1.79. The quantitative estimate of drug-likeness (QED) is 0.456. The average Bonchev–Trinajstić information content (AvgIpc) is 2.52. The fourth-order valence-electron chi connectivity index (χ4n) is 1.92. The highest BCUT2D eigenvalue weighted by Gasteiger charge is 2.48. The normalized spacial score (nSPS) is 35.8. The Labute approximate surface area is 104 Å². The number of aliphatic hydroxyl groups excluding tert-OH is 3. The third-order valence-electron chi connectivity index (χ3n) is 2.87. The fraction of sp³-hybridized carbons (Fsp3) is 0.556. The van der Waals surface area contributed by atoms with E-state index < -0.39 is 45.9 Å². The van der Waals surface area contributed by atoms with Crippen LogP contribution >= 0.6 is 0 Å². The van der Waals surface area contributed by atoms with Crippen LogP contribution in [0, 0.1) is 0 Å². The Morgan fingerprint density at radius 1 is 1.44 bits per heavy atom. The van der Waals surface area contributed by atoms with E-state index in [0.717, 1.165) is 4.57 Å². The predicted octanol–water partition coefficient (Wildman–Crippen LogP) is -2.83. The number of hydrogen-bond acceptors (Lipinski definition) is 7. The van der Waals surface area contributed by atoms with Gasteiger partial charge in [-0.05, 0) is 6.07 Å². The Hall–Kier alpha value is -1.29. The average molecular weight is 275 g/mol. The number of nitrogens with two attached hydrogens (primary N) is 1. The molecule has 1 aliphatic rings. The minimum absolute atomic E-state index is 0.00813. The molecule has 8 nitrogen and oxygen atoms in total. The maximum Gasteiger partial charge on any atom is 0.350 e. The first kappa shape index (κ1) is 13.1. The minimum atomic E-state index is -1.79. The second kappa shape index (κ2) is 4.76. The Morgan fingerprint density at radius 3 is 2.61 bits per heavy atom. The Bertz CT molecular complexity index is 533. The van der Waals surface area contributed by atoms with Crippen LogP contribution in [0.15, 0.2) is 17.1 Å². The topological polar surface area (TPSA) is 139 Å². The molecule has 100 valence electrons. The summed E-state index contributed by atoms with van der Waals surface area (Å²) in [6.07, 6.45) is -1.51. The SMILES string of the molecule is Nc1ccn([C@H]2[C@@H](O)[C@H](O)[C@@H](CO)S2=O)c(=O)n1. The first-order chi connectivity index (χ1) is 8.47. The highest BCUT2D eigenvalue weighted by atomic mass is 32.2. The van der Waals surface area contributed by atoms with Crippen molar-refractivity contribution < 1.29 is 19.5 Å². The molecule has 2 heterocycles. The van der Waals surface area contributed by atoms with Crippen molar-refractivity contribution in [3.05, 3.63) is 22.7 Å². The van der Waals surface area contributed by atoms with E-state index in [0.29, 0.717) is 0 Å². The van der Waals surface area contributed by atoms with Gasteiger partial charge in [0.15, 0.2) is 0 Å². The van der Waals surface area contributed by atoms with Crippen LogP contribution in [0.3, 0.4) is 0 Å². The van der Waals surface area contributed by atoms with Crippen molar-refractivity contribution in [1.29, 1.82) is 0 Å². The zero-order chi connectivity index (χ0) is 13.4. The van der Waals surface area contributed by atoms with E-state index in [4.69, 9.17) is 10.8 Å². The van der Waals surface area contributed by atoms with Gasteiger partial charge in [-0.25, -0.2) is 4.79 Å². The molecule has 0 amide bonds. The van der Waals surface area contributed by atoms with Crippen LogP contribution in [0.1, 0.15) is 5.37 Å². The molecular weight excluding hydrogens is 262 g/mol. The number of nitrogens with zero attached hydrogens (tertiary/aromatic N) is 2. The third-order valence-corrected chi connectivity index (χ3v) is 4.87. The van der Waals surface area contributed by atoms with Gasteiger partial charge in [0.05, 0.1) is 28.8 Å². The van der Waals surface area contributed by atoms with E-state index in [2.05, 4.69) is 4.98 Å². The summed E-state index contributed by atoms with van der Waals surface area (Å²) in [5.74, 6) is 0.00813. The van der Waals surface area contributed by atoms with Gasteiger partial charge in [0.1, 0.15) is 17.3 Å². The number of hydrogen-bond donors (Lipinski definition) is 4. The first-order valence-corrected chi connectivity index (χ1v) is 6.46. The molecule has 1 saturated heterocycles. The fourth-order valence-corrected chi connectivity index (χ4v) is 3.68. The van der Waals surface area contributed by atoms with E-state index >= 15 is 0 Å². The summed E-state index contributed by atoms with van der Waals surface area (Å²) in [6.45, 7) is -0.543. The zero-order valence-electron chi connectivity index (χ0n) is 9.21. The van der Waals surface area contributed by atoms with Gasteiger partial charge in [0.2, 0.25) is 0 Å². The van der Waals surface area contributed by atoms with E-state index in [1.165, 1.54) is 12.3 Å². The second-order valence-electron chi connectivity index (χ2n) is 3.96. The van der Waals surface area contributed by atoms with Gasteiger partial charge < -0.3 is 21.1 Å². The predicted molar refractivity (Wildman–Crippen MR) is 63.0 cm³/mol. The molecule has 18 heavy (non-hydrogen) atoms. The zero-order valence-corrected chi connectivity index (χ0v) is 10.0. The van der Waals surface area contributed by atoms with Gasteiger partial charge in [-0.15, -0.1) is 0 Å². The highest BCUT2D eigenvalue weighted by molar-refractivity contribution is 7.86. The maximum atomic E-state index is 12.0. The van der Waals surface area contributed by atoms with Crippen LogP contribution in [-0.4, -0.2) is 53.1 Å². The molecule has 1 fully saturated rings. The van der Waals surface area contributed by atoms with Crippen LogP contribution in [0.25, 0.3) is 0 Å². The van der Waals surface area contributed by atoms with E-state index in [-0.39, 0.29) is 5.82 Å². The van der Waals surface area contributed by atoms with Crippen LogP contribution < -0.4 is 11.4 Å². The highest BCUT2D eigenvalue weighted by Crippen LogP contribution is 2.31. The lowest BCUT2D eigenvalue weighted by molar-refractivity contribution is 0.0101. The summed E-state index contributed by atoms with van der Waals surface area (Å²) < 4.78 is 13.0. The lowest BCUT2D eigenvalue weighted by Gasteiger charge is -2.16. The molecule has 0 spiro atoms. The largest absolute Gasteiger partial charge is 0.395 e. The molecule has 1 aliphatic heterocycles. The van der Waals surface area contributed by atoms with Crippen molar-refractivity contribution in [1.82, 2.24) is 9.55 Å². The van der Waals surface area contributed by atoms with E-state index in [1.54, 1.807) is 0 Å². The summed E-state index contributed by atoms with van der Waals surface area (Å²) in [5.41, 5.74) is 4.56. The molecule has 1 aromatic rings. The van der Waals surface area contributed by atoms with Gasteiger partial charge in [-0.3, -0.25) is 8.78 Å². The number of anilines is 1. The minimum Gasteiger partial charge on any atom is -0.395 e. The Morgan fingerprint density at radius 2 is 2.11 bits per heavy atom. The number of aromatic nitrogens is 2. The lowest BCUT2D eigenvalue weighted by atomic mass is 10.1. The number of nitrogen functional groups attached to an aromatic ring is 1. The molecule has 0 saturated carbocycles. The van der Waals surface area contributed by atoms with Crippen LogP contribution in [0.4, 0.5) is 5.82 Å². The summed E-state index contributed by atoms with van der Waals surface area (Å²) in [5, 5.41) is 26.3. The van der Waals surface area contributed by atoms with Crippen molar-refractivity contribution in [2.75, 3.05) is 12.3 Å². The molecule has 0 aliphatic carbocycles. The molecule has 5 atom stereocenters. The summed E-state index contributed by atoms with van der Waals surface area (Å²) >= 11 is 0. The Balaban J connectivity index is 2.45. The first-order valence-electron chi connectivity index (χ1n) is 5.18. The molecule has 2 rings (SSSR count). The van der Waals surface area contributed by atoms with Crippen LogP contribution in [0.2, 0.25) is 0 Å². The van der Waals surface area contributed by atoms with Gasteiger partial charge in [0.25, 0.3) is 0 Å². The standard InChI is InChI=1S/C9H13N3O5S/c10-5-1-2-12(9(16)11-5)8-7(15)6(14)4(3-13)18(8)17/h1-2,4,6-8,13-15H,3H2,(H2,10,11,16)/t4-,6-,7+,8-,18?/m1/s1. The van der Waals surface area contributed by atoms with Crippen LogP contribution in [0.5, 0.6) is 0 Å². The molecule has 5 N–H and O–H groups in total. The summed E-state index contributed by atoms with van der Waals surface area (Å²) in [6, 6.07) is 1.32. The van der Waals surface area contributed by atoms with Crippen molar-refractivity contribution in [3.8, 4) is 0 Å². The molecule has 0 aromatic carbocycles.